The summed E-state index contributed by atoms with van der Waals surface area (Å²) in [4.78, 5) is 12.0. The summed E-state index contributed by atoms with van der Waals surface area (Å²) in [5.41, 5.74) is 2.89. The molecule has 18 heavy (non-hydrogen) atoms. The quantitative estimate of drug-likeness (QED) is 0.880. The van der Waals surface area contributed by atoms with Gasteiger partial charge in [0, 0.05) is 24.3 Å². The third kappa shape index (κ3) is 2.37. The van der Waals surface area contributed by atoms with Crippen LogP contribution in [0.15, 0.2) is 16.9 Å². The van der Waals surface area contributed by atoms with Crippen molar-refractivity contribution < 1.29 is 0 Å². The zero-order valence-corrected chi connectivity index (χ0v) is 11.0. The second-order valence-electron chi connectivity index (χ2n) is 5.58. The number of fused-ring (bicyclic) bond motifs is 1. The van der Waals surface area contributed by atoms with Gasteiger partial charge in [-0.3, -0.25) is 4.79 Å². The van der Waals surface area contributed by atoms with Gasteiger partial charge in [-0.1, -0.05) is 6.07 Å². The van der Waals surface area contributed by atoms with Gasteiger partial charge >= 0.3 is 0 Å². The van der Waals surface area contributed by atoms with E-state index in [2.05, 4.69) is 5.32 Å². The smallest absolute Gasteiger partial charge is 0.250 e. The van der Waals surface area contributed by atoms with Crippen LogP contribution >= 0.6 is 0 Å². The molecule has 1 fully saturated rings. The minimum absolute atomic E-state index is 0.190. The van der Waals surface area contributed by atoms with E-state index < -0.39 is 0 Å². The van der Waals surface area contributed by atoms with Crippen LogP contribution in [0.2, 0.25) is 0 Å². The van der Waals surface area contributed by atoms with Gasteiger partial charge in [-0.05, 0) is 57.1 Å². The molecular formula is C15H22N2O. The van der Waals surface area contributed by atoms with Crippen LogP contribution in [0.1, 0.15) is 43.4 Å². The molecule has 2 aliphatic rings. The number of pyridine rings is 1. The lowest BCUT2D eigenvalue weighted by molar-refractivity contribution is 0.491. The largest absolute Gasteiger partial charge is 0.314 e. The van der Waals surface area contributed by atoms with Crippen LogP contribution in [-0.4, -0.2) is 17.2 Å². The highest BCUT2D eigenvalue weighted by atomic mass is 16.1. The Kier molecular flexibility index (Phi) is 3.50. The van der Waals surface area contributed by atoms with Crippen LogP contribution in [0.5, 0.6) is 0 Å². The molecule has 1 unspecified atom stereocenters. The maximum absolute atomic E-state index is 12.0. The summed E-state index contributed by atoms with van der Waals surface area (Å²) in [7, 11) is 0. The Balaban J connectivity index is 1.65. The lowest BCUT2D eigenvalue weighted by Gasteiger charge is -2.14. The summed E-state index contributed by atoms with van der Waals surface area (Å²) < 4.78 is 2.03. The van der Waals surface area contributed by atoms with E-state index >= 15 is 0 Å². The highest BCUT2D eigenvalue weighted by molar-refractivity contribution is 5.25. The Morgan fingerprint density at radius 3 is 3.06 bits per heavy atom. The van der Waals surface area contributed by atoms with Gasteiger partial charge in [0.15, 0.2) is 0 Å². The fourth-order valence-corrected chi connectivity index (χ4v) is 3.38. The van der Waals surface area contributed by atoms with E-state index in [0.717, 1.165) is 25.8 Å². The molecule has 98 valence electrons. The average molecular weight is 246 g/mol. The maximum Gasteiger partial charge on any atom is 0.250 e. The molecule has 3 nitrogen and oxygen atoms in total. The highest BCUT2D eigenvalue weighted by Gasteiger charge is 2.17. The van der Waals surface area contributed by atoms with Crippen molar-refractivity contribution in [2.24, 2.45) is 0 Å². The van der Waals surface area contributed by atoms with Gasteiger partial charge in [-0.25, -0.2) is 0 Å². The molecule has 1 aromatic rings. The third-order valence-electron chi connectivity index (χ3n) is 4.35. The molecule has 1 saturated heterocycles. The van der Waals surface area contributed by atoms with Gasteiger partial charge in [0.25, 0.3) is 5.56 Å². The first kappa shape index (κ1) is 12.0. The van der Waals surface area contributed by atoms with Crippen LogP contribution in [0.3, 0.4) is 0 Å². The first-order chi connectivity index (χ1) is 8.84. The van der Waals surface area contributed by atoms with E-state index in [0.29, 0.717) is 6.04 Å². The van der Waals surface area contributed by atoms with Gasteiger partial charge in [0.05, 0.1) is 0 Å². The molecule has 0 radical (unpaired) electrons. The van der Waals surface area contributed by atoms with Crippen LogP contribution < -0.4 is 10.9 Å². The van der Waals surface area contributed by atoms with Crippen molar-refractivity contribution in [1.82, 2.24) is 9.88 Å². The van der Waals surface area contributed by atoms with E-state index in [9.17, 15) is 4.79 Å². The molecule has 1 aromatic heterocycles. The van der Waals surface area contributed by atoms with Crippen molar-refractivity contribution in [2.45, 2.75) is 57.5 Å². The SMILES string of the molecule is O=c1ccc2c(n1CCCC1CCCN1)CCC2. The average Bonchev–Trinajstić information content (AvgIpc) is 3.02. The second-order valence-corrected chi connectivity index (χ2v) is 5.58. The van der Waals surface area contributed by atoms with Crippen molar-refractivity contribution in [2.75, 3.05) is 6.54 Å². The van der Waals surface area contributed by atoms with E-state index in [-0.39, 0.29) is 5.56 Å². The number of aryl methyl sites for hydroxylation is 1. The van der Waals surface area contributed by atoms with Crippen LogP contribution in [-0.2, 0) is 19.4 Å². The third-order valence-corrected chi connectivity index (χ3v) is 4.35. The Morgan fingerprint density at radius 1 is 1.28 bits per heavy atom. The number of nitrogens with one attached hydrogen (secondary N) is 1. The first-order valence-corrected chi connectivity index (χ1v) is 7.29. The molecule has 2 heterocycles. The molecule has 3 rings (SSSR count). The first-order valence-electron chi connectivity index (χ1n) is 7.29. The van der Waals surface area contributed by atoms with E-state index in [1.54, 1.807) is 6.07 Å². The van der Waals surface area contributed by atoms with Crippen LogP contribution in [0.25, 0.3) is 0 Å². The number of nitrogens with zero attached hydrogens (tertiary/aromatic N) is 1. The highest BCUT2D eigenvalue weighted by Crippen LogP contribution is 2.20. The van der Waals surface area contributed by atoms with Crippen molar-refractivity contribution in [3.63, 3.8) is 0 Å². The molecular weight excluding hydrogens is 224 g/mol. The maximum atomic E-state index is 12.0. The van der Waals surface area contributed by atoms with Gasteiger partial charge < -0.3 is 9.88 Å². The summed E-state index contributed by atoms with van der Waals surface area (Å²) in [6.45, 7) is 2.07. The molecule has 0 aromatic carbocycles. The van der Waals surface area contributed by atoms with E-state index in [1.165, 1.54) is 43.5 Å². The standard InChI is InChI=1S/C15H22N2O/c18-15-9-8-12-4-1-7-14(12)17(15)11-3-6-13-5-2-10-16-13/h8-9,13,16H,1-7,10-11H2. The minimum Gasteiger partial charge on any atom is -0.314 e. The van der Waals surface area contributed by atoms with E-state index in [4.69, 9.17) is 0 Å². The monoisotopic (exact) mass is 246 g/mol. The number of hydrogen-bond acceptors (Lipinski definition) is 2. The second kappa shape index (κ2) is 5.27. The summed E-state index contributed by atoms with van der Waals surface area (Å²) >= 11 is 0. The molecule has 1 atom stereocenters. The molecule has 1 aliphatic carbocycles. The Labute approximate surface area is 108 Å². The Bertz CT molecular complexity index is 472. The normalized spacial score (nSPS) is 22.3. The molecule has 0 saturated carbocycles. The molecule has 1 N–H and O–H groups in total. The molecule has 0 amide bonds. The summed E-state index contributed by atoms with van der Waals surface area (Å²) in [6, 6.07) is 4.47. The van der Waals surface area contributed by atoms with Crippen LogP contribution in [0.4, 0.5) is 0 Å². The van der Waals surface area contributed by atoms with Crippen molar-refractivity contribution in [1.29, 1.82) is 0 Å². The summed E-state index contributed by atoms with van der Waals surface area (Å²) in [6.07, 6.45) is 8.40. The zero-order valence-electron chi connectivity index (χ0n) is 11.0. The zero-order chi connectivity index (χ0) is 12.4. The topological polar surface area (TPSA) is 34.0 Å². The van der Waals surface area contributed by atoms with Gasteiger partial charge in [-0.2, -0.15) is 0 Å². The number of rotatable bonds is 4. The predicted octanol–water partition coefficient (Wildman–Crippen LogP) is 1.87. The molecule has 1 aliphatic heterocycles. The van der Waals surface area contributed by atoms with Gasteiger partial charge in [-0.15, -0.1) is 0 Å². The van der Waals surface area contributed by atoms with Gasteiger partial charge in [0.1, 0.15) is 0 Å². The van der Waals surface area contributed by atoms with Crippen molar-refractivity contribution in [3.8, 4) is 0 Å². The fourth-order valence-electron chi connectivity index (χ4n) is 3.38. The molecule has 3 heteroatoms. The number of hydrogen-bond donors (Lipinski definition) is 1. The van der Waals surface area contributed by atoms with Crippen molar-refractivity contribution in [3.05, 3.63) is 33.7 Å². The Morgan fingerprint density at radius 2 is 2.22 bits per heavy atom. The van der Waals surface area contributed by atoms with Crippen LogP contribution in [0, 0.1) is 0 Å². The van der Waals surface area contributed by atoms with Crippen molar-refractivity contribution >= 4 is 0 Å². The fraction of sp³-hybridized carbons (Fsp3) is 0.667. The Hall–Kier alpha value is -1.09. The van der Waals surface area contributed by atoms with E-state index in [1.807, 2.05) is 10.6 Å². The number of aromatic nitrogens is 1. The predicted molar refractivity (Wildman–Crippen MR) is 73.0 cm³/mol. The molecule has 0 bridgehead atoms. The minimum atomic E-state index is 0.190. The lowest BCUT2D eigenvalue weighted by Crippen LogP contribution is -2.25. The summed E-state index contributed by atoms with van der Waals surface area (Å²) in [5.74, 6) is 0. The van der Waals surface area contributed by atoms with Gasteiger partial charge in [0.2, 0.25) is 0 Å². The molecule has 0 spiro atoms. The summed E-state index contributed by atoms with van der Waals surface area (Å²) in [5, 5.41) is 3.52. The lowest BCUT2D eigenvalue weighted by atomic mass is 10.1.